The number of amides is 1. The Labute approximate surface area is 155 Å². The highest BCUT2D eigenvalue weighted by Crippen LogP contribution is 2.27. The van der Waals surface area contributed by atoms with Crippen LogP contribution in [0.3, 0.4) is 0 Å². The molecule has 2 aromatic rings. The van der Waals surface area contributed by atoms with Crippen molar-refractivity contribution >= 4 is 34.8 Å². The zero-order valence-corrected chi connectivity index (χ0v) is 15.1. The Kier molecular flexibility index (Phi) is 5.06. The molecule has 1 amide bonds. The second-order valence-corrected chi connectivity index (χ2v) is 6.42. The third kappa shape index (κ3) is 3.83. The first-order valence-electron chi connectivity index (χ1n) is 7.68. The number of benzene rings is 1. The van der Waals surface area contributed by atoms with E-state index in [9.17, 15) is 4.79 Å². The minimum absolute atomic E-state index is 0.0688. The van der Waals surface area contributed by atoms with Crippen LogP contribution in [0.5, 0.6) is 0 Å². The van der Waals surface area contributed by atoms with Crippen LogP contribution in [0.4, 0.5) is 0 Å². The maximum absolute atomic E-state index is 11.7. The Hall–Kier alpha value is -2.37. The van der Waals surface area contributed by atoms with Crippen LogP contribution in [0.25, 0.3) is 17.1 Å². The van der Waals surface area contributed by atoms with Gasteiger partial charge in [0.15, 0.2) is 5.82 Å². The minimum atomic E-state index is -0.0688. The molecule has 2 heterocycles. The summed E-state index contributed by atoms with van der Waals surface area (Å²) in [6.07, 6.45) is 2.38. The Morgan fingerprint density at radius 2 is 2.08 bits per heavy atom. The first-order chi connectivity index (χ1) is 12.0. The van der Waals surface area contributed by atoms with Crippen LogP contribution in [0, 0.1) is 0 Å². The predicted molar refractivity (Wildman–Crippen MR) is 100.0 cm³/mol. The van der Waals surface area contributed by atoms with E-state index in [0.29, 0.717) is 39.4 Å². The van der Waals surface area contributed by atoms with Crippen molar-refractivity contribution in [1.82, 2.24) is 20.6 Å². The number of nitrogens with zero attached hydrogens (tertiary/aromatic N) is 2. The summed E-state index contributed by atoms with van der Waals surface area (Å²) < 4.78 is 0. The quantitative estimate of drug-likeness (QED) is 0.853. The van der Waals surface area contributed by atoms with Gasteiger partial charge in [-0.05, 0) is 31.2 Å². The summed E-state index contributed by atoms with van der Waals surface area (Å²) in [5.74, 6) is 0.451. The lowest BCUT2D eigenvalue weighted by Crippen LogP contribution is -2.34. The van der Waals surface area contributed by atoms with Crippen LogP contribution in [0.15, 0.2) is 48.3 Å². The Balaban J connectivity index is 1.86. The lowest BCUT2D eigenvalue weighted by molar-refractivity contribution is -0.117. The summed E-state index contributed by atoms with van der Waals surface area (Å²) in [7, 11) is 0. The summed E-state index contributed by atoms with van der Waals surface area (Å²) in [5.41, 5.74) is 3.52. The summed E-state index contributed by atoms with van der Waals surface area (Å²) >= 11 is 12.0. The van der Waals surface area contributed by atoms with E-state index < -0.39 is 0 Å². The van der Waals surface area contributed by atoms with Crippen molar-refractivity contribution in [2.75, 3.05) is 6.54 Å². The van der Waals surface area contributed by atoms with Gasteiger partial charge >= 0.3 is 0 Å². The maximum atomic E-state index is 11.7. The van der Waals surface area contributed by atoms with Crippen molar-refractivity contribution in [1.29, 1.82) is 0 Å². The molecule has 3 rings (SSSR count). The van der Waals surface area contributed by atoms with Crippen LogP contribution in [0.1, 0.15) is 19.0 Å². The van der Waals surface area contributed by atoms with Crippen molar-refractivity contribution in [2.45, 2.75) is 13.3 Å². The van der Waals surface area contributed by atoms with Crippen LogP contribution in [-0.4, -0.2) is 22.4 Å². The third-order valence-electron chi connectivity index (χ3n) is 3.90. The standard InChI is InChI=1S/C18H16Cl2N4O/c1-10-15(5-8-22-18(10)25)23-11(2)16-6-7-21-17(24-16)12-3-4-13(19)14(20)9-12/h3-4,6-7,9,23H,2,5,8H2,1H3,(H,22,25). The molecule has 2 N–H and O–H groups in total. The molecule has 1 aromatic heterocycles. The zero-order chi connectivity index (χ0) is 18.0. The van der Waals surface area contributed by atoms with Crippen molar-refractivity contribution in [3.63, 3.8) is 0 Å². The molecule has 0 aliphatic carbocycles. The Morgan fingerprint density at radius 3 is 2.84 bits per heavy atom. The van der Waals surface area contributed by atoms with Crippen LogP contribution >= 0.6 is 23.2 Å². The van der Waals surface area contributed by atoms with E-state index >= 15 is 0 Å². The highest BCUT2D eigenvalue weighted by molar-refractivity contribution is 6.42. The summed E-state index contributed by atoms with van der Waals surface area (Å²) in [4.78, 5) is 20.5. The van der Waals surface area contributed by atoms with E-state index in [2.05, 4.69) is 27.2 Å². The van der Waals surface area contributed by atoms with Crippen molar-refractivity contribution in [3.05, 3.63) is 64.1 Å². The topological polar surface area (TPSA) is 66.9 Å². The van der Waals surface area contributed by atoms with Crippen LogP contribution in [-0.2, 0) is 4.79 Å². The molecule has 0 fully saturated rings. The Bertz CT molecular complexity index is 892. The minimum Gasteiger partial charge on any atom is -0.357 e. The summed E-state index contributed by atoms with van der Waals surface area (Å²) in [6, 6.07) is 6.99. The van der Waals surface area contributed by atoms with E-state index in [1.807, 2.05) is 6.07 Å². The first kappa shape index (κ1) is 17.5. The molecular weight excluding hydrogens is 359 g/mol. The first-order valence-corrected chi connectivity index (χ1v) is 8.44. The molecule has 1 aliphatic rings. The maximum Gasteiger partial charge on any atom is 0.248 e. The number of aromatic nitrogens is 2. The zero-order valence-electron chi connectivity index (χ0n) is 13.6. The number of hydrogen-bond donors (Lipinski definition) is 2. The average molecular weight is 375 g/mol. The lowest BCUT2D eigenvalue weighted by atomic mass is 10.1. The number of rotatable bonds is 4. The molecule has 25 heavy (non-hydrogen) atoms. The SMILES string of the molecule is C=C(NC1=C(C)C(=O)NCC1)c1ccnc(-c2ccc(Cl)c(Cl)c2)n1. The Morgan fingerprint density at radius 1 is 1.28 bits per heavy atom. The molecule has 128 valence electrons. The molecule has 1 aliphatic heterocycles. The molecule has 0 unspecified atom stereocenters. The van der Waals surface area contributed by atoms with E-state index in [-0.39, 0.29) is 5.91 Å². The van der Waals surface area contributed by atoms with Gasteiger partial charge in [0.2, 0.25) is 5.91 Å². The molecule has 0 spiro atoms. The molecule has 1 aromatic carbocycles. The van der Waals surface area contributed by atoms with Gasteiger partial charge in [-0.2, -0.15) is 0 Å². The van der Waals surface area contributed by atoms with E-state index in [0.717, 1.165) is 17.7 Å². The van der Waals surface area contributed by atoms with Crippen molar-refractivity contribution < 1.29 is 4.79 Å². The monoisotopic (exact) mass is 374 g/mol. The van der Waals surface area contributed by atoms with Gasteiger partial charge in [0.05, 0.1) is 21.4 Å². The molecule has 0 atom stereocenters. The van der Waals surface area contributed by atoms with Gasteiger partial charge in [-0.1, -0.05) is 29.8 Å². The van der Waals surface area contributed by atoms with Gasteiger partial charge in [-0.15, -0.1) is 0 Å². The smallest absolute Gasteiger partial charge is 0.248 e. The fraction of sp³-hybridized carbons (Fsp3) is 0.167. The van der Waals surface area contributed by atoms with Crippen molar-refractivity contribution in [3.8, 4) is 11.4 Å². The lowest BCUT2D eigenvalue weighted by Gasteiger charge is -2.20. The predicted octanol–water partition coefficient (Wildman–Crippen LogP) is 3.80. The van der Waals surface area contributed by atoms with Gasteiger partial charge in [0, 0.05) is 36.0 Å². The number of carbonyl (C=O) groups excluding carboxylic acids is 1. The highest BCUT2D eigenvalue weighted by atomic mass is 35.5. The normalized spacial score (nSPS) is 14.3. The third-order valence-corrected chi connectivity index (χ3v) is 4.64. The summed E-state index contributed by atoms with van der Waals surface area (Å²) in [5, 5.41) is 6.92. The van der Waals surface area contributed by atoms with Crippen LogP contribution < -0.4 is 10.6 Å². The van der Waals surface area contributed by atoms with Crippen molar-refractivity contribution in [2.24, 2.45) is 0 Å². The molecule has 0 bridgehead atoms. The van der Waals surface area contributed by atoms with Gasteiger partial charge in [-0.3, -0.25) is 4.79 Å². The molecule has 0 saturated carbocycles. The number of nitrogens with one attached hydrogen (secondary N) is 2. The fourth-order valence-corrected chi connectivity index (χ4v) is 2.76. The average Bonchev–Trinajstić information content (AvgIpc) is 2.61. The van der Waals surface area contributed by atoms with E-state index in [4.69, 9.17) is 23.2 Å². The molecule has 7 heteroatoms. The molecular formula is C18H16Cl2N4O. The fourth-order valence-electron chi connectivity index (χ4n) is 2.46. The number of halogens is 2. The van der Waals surface area contributed by atoms with Gasteiger partial charge in [0.1, 0.15) is 0 Å². The van der Waals surface area contributed by atoms with Gasteiger partial charge in [0.25, 0.3) is 0 Å². The number of hydrogen-bond acceptors (Lipinski definition) is 4. The largest absolute Gasteiger partial charge is 0.357 e. The molecule has 5 nitrogen and oxygen atoms in total. The number of carbonyl (C=O) groups is 1. The highest BCUT2D eigenvalue weighted by Gasteiger charge is 2.17. The van der Waals surface area contributed by atoms with E-state index in [1.54, 1.807) is 31.3 Å². The van der Waals surface area contributed by atoms with E-state index in [1.165, 1.54) is 0 Å². The van der Waals surface area contributed by atoms with Gasteiger partial charge < -0.3 is 10.6 Å². The molecule has 0 radical (unpaired) electrons. The second kappa shape index (κ2) is 7.25. The summed E-state index contributed by atoms with van der Waals surface area (Å²) in [6.45, 7) is 6.41. The molecule has 0 saturated heterocycles. The second-order valence-electron chi connectivity index (χ2n) is 5.61. The van der Waals surface area contributed by atoms with Gasteiger partial charge in [-0.25, -0.2) is 9.97 Å². The van der Waals surface area contributed by atoms with Crippen LogP contribution in [0.2, 0.25) is 10.0 Å².